The SMILES string of the molecule is CCCCCC/C=C\C/C=C\CCCCCCCCCC(=O)OCCCCCCCCCCCCCCCCCCCCCCCC(=O)NC(CO)C(O)CCCCCCCCCCCCCCCCCCCCCCCC. The van der Waals surface area contributed by atoms with Gasteiger partial charge in [-0.2, -0.15) is 0 Å². The molecular formula is C72H139NO5. The van der Waals surface area contributed by atoms with Gasteiger partial charge < -0.3 is 20.3 Å². The fraction of sp³-hybridized carbons (Fsp3) is 0.917. The molecule has 0 saturated heterocycles. The molecule has 78 heavy (non-hydrogen) atoms. The molecule has 0 aliphatic carbocycles. The van der Waals surface area contributed by atoms with Gasteiger partial charge in [-0.05, 0) is 57.8 Å². The highest BCUT2D eigenvalue weighted by atomic mass is 16.5. The first-order valence-electron chi connectivity index (χ1n) is 35.6. The minimum atomic E-state index is -0.666. The summed E-state index contributed by atoms with van der Waals surface area (Å²) >= 11 is 0. The van der Waals surface area contributed by atoms with E-state index in [-0.39, 0.29) is 18.5 Å². The van der Waals surface area contributed by atoms with Gasteiger partial charge >= 0.3 is 5.97 Å². The molecule has 0 aromatic heterocycles. The van der Waals surface area contributed by atoms with Crippen molar-refractivity contribution in [3.05, 3.63) is 24.3 Å². The molecule has 6 heteroatoms. The van der Waals surface area contributed by atoms with E-state index in [9.17, 15) is 19.8 Å². The maximum Gasteiger partial charge on any atom is 0.305 e. The van der Waals surface area contributed by atoms with Gasteiger partial charge in [0.15, 0.2) is 0 Å². The van der Waals surface area contributed by atoms with Crippen LogP contribution < -0.4 is 5.32 Å². The first-order valence-corrected chi connectivity index (χ1v) is 35.6. The normalized spacial score (nSPS) is 12.6. The molecule has 0 aliphatic rings. The summed E-state index contributed by atoms with van der Waals surface area (Å²) < 4.78 is 5.50. The molecule has 0 rings (SSSR count). The second-order valence-corrected chi connectivity index (χ2v) is 24.6. The van der Waals surface area contributed by atoms with Crippen LogP contribution in [0.3, 0.4) is 0 Å². The second-order valence-electron chi connectivity index (χ2n) is 24.6. The number of esters is 1. The average molecular weight is 1100 g/mol. The molecule has 2 unspecified atom stereocenters. The Labute approximate surface area is 488 Å². The lowest BCUT2D eigenvalue weighted by molar-refractivity contribution is -0.143. The maximum absolute atomic E-state index is 12.6. The molecule has 3 N–H and O–H groups in total. The van der Waals surface area contributed by atoms with Crippen LogP contribution >= 0.6 is 0 Å². The molecule has 2 atom stereocenters. The largest absolute Gasteiger partial charge is 0.466 e. The number of hydrogen-bond acceptors (Lipinski definition) is 5. The lowest BCUT2D eigenvalue weighted by Gasteiger charge is -2.22. The summed E-state index contributed by atoms with van der Waals surface area (Å²) in [5.74, 6) is -0.0257. The molecule has 1 amide bonds. The molecule has 0 heterocycles. The number of nitrogens with one attached hydrogen (secondary N) is 1. The molecule has 0 saturated carbocycles. The highest BCUT2D eigenvalue weighted by Crippen LogP contribution is 2.19. The number of aliphatic hydroxyl groups excluding tert-OH is 2. The van der Waals surface area contributed by atoms with E-state index in [0.29, 0.717) is 25.9 Å². The third-order valence-corrected chi connectivity index (χ3v) is 16.8. The molecule has 0 spiro atoms. The molecule has 0 radical (unpaired) electrons. The van der Waals surface area contributed by atoms with Gasteiger partial charge in [0, 0.05) is 12.8 Å². The van der Waals surface area contributed by atoms with E-state index in [1.807, 2.05) is 0 Å². The number of allylic oxidation sites excluding steroid dienone is 4. The molecule has 6 nitrogen and oxygen atoms in total. The zero-order valence-electron chi connectivity index (χ0n) is 52.9. The number of ether oxygens (including phenoxy) is 1. The van der Waals surface area contributed by atoms with Gasteiger partial charge in [0.1, 0.15) is 0 Å². The van der Waals surface area contributed by atoms with Gasteiger partial charge in [0.25, 0.3) is 0 Å². The van der Waals surface area contributed by atoms with Crippen LogP contribution in [0.2, 0.25) is 0 Å². The van der Waals surface area contributed by atoms with Crippen LogP contribution in [0, 0.1) is 0 Å². The van der Waals surface area contributed by atoms with Gasteiger partial charge in [-0.1, -0.05) is 353 Å². The first kappa shape index (κ1) is 76.3. The molecule has 0 bridgehead atoms. The minimum absolute atomic E-state index is 0.00580. The van der Waals surface area contributed by atoms with Crippen LogP contribution in [-0.2, 0) is 14.3 Å². The number of hydrogen-bond donors (Lipinski definition) is 3. The Morgan fingerprint density at radius 2 is 0.641 bits per heavy atom. The van der Waals surface area contributed by atoms with Gasteiger partial charge in [-0.3, -0.25) is 9.59 Å². The van der Waals surface area contributed by atoms with Crippen LogP contribution in [0.1, 0.15) is 399 Å². The summed E-state index contributed by atoms with van der Waals surface area (Å²) in [7, 11) is 0. The Morgan fingerprint density at radius 1 is 0.359 bits per heavy atom. The first-order chi connectivity index (χ1) is 38.5. The Kier molecular flexibility index (Phi) is 66.4. The highest BCUT2D eigenvalue weighted by molar-refractivity contribution is 5.76. The summed E-state index contributed by atoms with van der Waals surface area (Å²) in [5, 5.41) is 23.4. The fourth-order valence-corrected chi connectivity index (χ4v) is 11.3. The lowest BCUT2D eigenvalue weighted by Crippen LogP contribution is -2.45. The number of carbonyl (C=O) groups excluding carboxylic acids is 2. The van der Waals surface area contributed by atoms with Crippen molar-refractivity contribution in [1.29, 1.82) is 0 Å². The van der Waals surface area contributed by atoms with Crippen molar-refractivity contribution in [2.75, 3.05) is 13.2 Å². The Morgan fingerprint density at radius 3 is 0.987 bits per heavy atom. The molecule has 0 fully saturated rings. The Hall–Kier alpha value is -1.66. The zero-order valence-corrected chi connectivity index (χ0v) is 52.9. The van der Waals surface area contributed by atoms with Crippen molar-refractivity contribution in [3.63, 3.8) is 0 Å². The van der Waals surface area contributed by atoms with Crippen LogP contribution in [-0.4, -0.2) is 47.4 Å². The van der Waals surface area contributed by atoms with Gasteiger partial charge in [-0.25, -0.2) is 0 Å². The standard InChI is InChI=1S/C72H139NO5/c1-3-5-7-9-11-13-15-17-19-21-23-24-26-29-32-36-40-44-48-52-56-60-64-70(75)69(68-74)73-71(76)65-61-57-53-49-45-41-37-33-30-27-25-28-31-35-39-43-47-51-55-59-63-67-78-72(77)66-62-58-54-50-46-42-38-34-22-20-18-16-14-12-10-8-6-4-2/h14,16,20,22,69-70,74-75H,3-13,15,17-19,21,23-68H2,1-2H3,(H,73,76)/b16-14-,22-20-. The van der Waals surface area contributed by atoms with Crippen molar-refractivity contribution >= 4 is 11.9 Å². The maximum atomic E-state index is 12.6. The van der Waals surface area contributed by atoms with Crippen molar-refractivity contribution in [3.8, 4) is 0 Å². The van der Waals surface area contributed by atoms with E-state index in [1.54, 1.807) is 0 Å². The quantitative estimate of drug-likeness (QED) is 0.0320. The lowest BCUT2D eigenvalue weighted by atomic mass is 10.0. The van der Waals surface area contributed by atoms with Gasteiger partial charge in [-0.15, -0.1) is 0 Å². The second kappa shape index (κ2) is 67.8. The molecule has 0 aliphatic heterocycles. The number of amides is 1. The van der Waals surface area contributed by atoms with Crippen molar-refractivity contribution in [1.82, 2.24) is 5.32 Å². The fourth-order valence-electron chi connectivity index (χ4n) is 11.3. The van der Waals surface area contributed by atoms with Crippen LogP contribution in [0.4, 0.5) is 0 Å². The van der Waals surface area contributed by atoms with Gasteiger partial charge in [0.05, 0.1) is 25.4 Å². The molecule has 0 aromatic carbocycles. The summed E-state index contributed by atoms with van der Waals surface area (Å²) in [6.45, 7) is 4.97. The van der Waals surface area contributed by atoms with Crippen LogP contribution in [0.5, 0.6) is 0 Å². The Balaban J connectivity index is 3.38. The molecular weight excluding hydrogens is 959 g/mol. The minimum Gasteiger partial charge on any atom is -0.466 e. The van der Waals surface area contributed by atoms with Crippen LogP contribution in [0.25, 0.3) is 0 Å². The smallest absolute Gasteiger partial charge is 0.305 e. The van der Waals surface area contributed by atoms with E-state index in [1.165, 1.54) is 315 Å². The van der Waals surface area contributed by atoms with Crippen molar-refractivity contribution in [2.24, 2.45) is 0 Å². The van der Waals surface area contributed by atoms with E-state index < -0.39 is 12.1 Å². The van der Waals surface area contributed by atoms with Crippen molar-refractivity contribution in [2.45, 2.75) is 411 Å². The number of carbonyl (C=O) groups is 2. The summed E-state index contributed by atoms with van der Waals surface area (Å²) in [4.78, 5) is 24.7. The number of unbranched alkanes of at least 4 members (excludes halogenated alkanes) is 52. The summed E-state index contributed by atoms with van der Waals surface area (Å²) in [6.07, 6.45) is 85.0. The number of aliphatic hydroxyl groups is 2. The zero-order chi connectivity index (χ0) is 56.4. The third-order valence-electron chi connectivity index (χ3n) is 16.8. The highest BCUT2D eigenvalue weighted by Gasteiger charge is 2.20. The van der Waals surface area contributed by atoms with Crippen molar-refractivity contribution < 1.29 is 24.5 Å². The predicted molar refractivity (Wildman–Crippen MR) is 343 cm³/mol. The summed E-state index contributed by atoms with van der Waals surface area (Å²) in [5.41, 5.74) is 0. The monoisotopic (exact) mass is 1100 g/mol. The Bertz CT molecular complexity index is 1220. The van der Waals surface area contributed by atoms with E-state index in [0.717, 1.165) is 51.4 Å². The van der Waals surface area contributed by atoms with Gasteiger partial charge in [0.2, 0.25) is 5.91 Å². The van der Waals surface area contributed by atoms with E-state index in [2.05, 4.69) is 43.5 Å². The number of rotatable bonds is 67. The predicted octanol–water partition coefficient (Wildman–Crippen LogP) is 22.9. The molecule has 462 valence electrons. The third kappa shape index (κ3) is 63.5. The topological polar surface area (TPSA) is 95.9 Å². The summed E-state index contributed by atoms with van der Waals surface area (Å²) in [6, 6.07) is -0.544. The van der Waals surface area contributed by atoms with Crippen LogP contribution in [0.15, 0.2) is 24.3 Å². The molecule has 0 aromatic rings. The average Bonchev–Trinajstić information content (AvgIpc) is 3.44. The van der Waals surface area contributed by atoms with E-state index in [4.69, 9.17) is 4.74 Å². The van der Waals surface area contributed by atoms with E-state index >= 15 is 0 Å².